The summed E-state index contributed by atoms with van der Waals surface area (Å²) < 4.78 is 40.6. The summed E-state index contributed by atoms with van der Waals surface area (Å²) in [5.74, 6) is -3.96. The van der Waals surface area contributed by atoms with Gasteiger partial charge in [-0.3, -0.25) is 4.98 Å². The van der Waals surface area contributed by atoms with Crippen LogP contribution in [0.25, 0.3) is 0 Å². The Hall–Kier alpha value is -1.88. The number of likely N-dealkylation sites (N-methyl/N-ethyl adjacent to an activating group) is 1. The number of nitrogens with zero attached hydrogens (tertiary/aromatic N) is 1. The van der Waals surface area contributed by atoms with E-state index < -0.39 is 23.5 Å². The molecule has 1 N–H and O–H groups in total. The van der Waals surface area contributed by atoms with E-state index in [0.717, 1.165) is 11.8 Å². The minimum atomic E-state index is -1.44. The van der Waals surface area contributed by atoms with Gasteiger partial charge in [-0.25, -0.2) is 13.2 Å². The largest absolute Gasteiger partial charge is 0.310 e. The Morgan fingerprint density at radius 2 is 1.86 bits per heavy atom. The molecule has 2 aromatic rings. The maximum atomic E-state index is 14.0. The van der Waals surface area contributed by atoms with Gasteiger partial charge in [-0.2, -0.15) is 0 Å². The van der Waals surface area contributed by atoms with E-state index >= 15 is 0 Å². The van der Waals surface area contributed by atoms with Gasteiger partial charge in [0.2, 0.25) is 0 Å². The molecular weight excluding hydrogens is 277 g/mol. The molecule has 0 saturated heterocycles. The summed E-state index contributed by atoms with van der Waals surface area (Å²) in [4.78, 5) is 4.25. The number of aromatic nitrogens is 1. The minimum absolute atomic E-state index is 0.105. The van der Waals surface area contributed by atoms with E-state index in [-0.39, 0.29) is 11.5 Å². The Labute approximate surface area is 122 Å². The molecule has 1 aromatic carbocycles. The maximum Gasteiger partial charge on any atom is 0.194 e. The minimum Gasteiger partial charge on any atom is -0.310 e. The van der Waals surface area contributed by atoms with Gasteiger partial charge in [0.05, 0.1) is 0 Å². The second-order valence-electron chi connectivity index (χ2n) is 4.84. The molecule has 1 heterocycles. The predicted molar refractivity (Wildman–Crippen MR) is 75.4 cm³/mol. The van der Waals surface area contributed by atoms with Gasteiger partial charge in [-0.05, 0) is 24.7 Å². The average molecular weight is 294 g/mol. The van der Waals surface area contributed by atoms with Crippen molar-refractivity contribution in [3.05, 3.63) is 65.2 Å². The van der Waals surface area contributed by atoms with Crippen molar-refractivity contribution in [2.45, 2.75) is 25.8 Å². The van der Waals surface area contributed by atoms with Crippen molar-refractivity contribution < 1.29 is 13.2 Å². The molecule has 0 radical (unpaired) electrons. The van der Waals surface area contributed by atoms with Crippen LogP contribution in [-0.2, 0) is 0 Å². The number of nitrogens with one attached hydrogen (secondary N) is 1. The number of rotatable bonds is 5. The first kappa shape index (κ1) is 15.5. The van der Waals surface area contributed by atoms with E-state index in [4.69, 9.17) is 0 Å². The molecule has 2 atom stereocenters. The van der Waals surface area contributed by atoms with E-state index in [9.17, 15) is 13.2 Å². The van der Waals surface area contributed by atoms with Crippen molar-refractivity contribution in [1.82, 2.24) is 10.3 Å². The van der Waals surface area contributed by atoms with Gasteiger partial charge in [0.15, 0.2) is 17.5 Å². The van der Waals surface area contributed by atoms with E-state index in [0.29, 0.717) is 6.54 Å². The number of benzene rings is 1. The monoisotopic (exact) mass is 294 g/mol. The third-order valence-electron chi connectivity index (χ3n) is 3.48. The van der Waals surface area contributed by atoms with Crippen molar-refractivity contribution >= 4 is 0 Å². The molecule has 2 rings (SSSR count). The van der Waals surface area contributed by atoms with Crippen molar-refractivity contribution in [3.8, 4) is 0 Å². The summed E-state index contributed by atoms with van der Waals surface area (Å²) in [5.41, 5.74) is 0.862. The SMILES string of the molecule is CCNC(c1ccc(F)c(F)c1F)C(C)c1ccccn1. The molecule has 0 aliphatic heterocycles. The average Bonchev–Trinajstić information content (AvgIpc) is 2.51. The predicted octanol–water partition coefficient (Wildman–Crippen LogP) is 3.95. The fraction of sp³-hybridized carbons (Fsp3) is 0.312. The molecular formula is C16H17F3N2. The highest BCUT2D eigenvalue weighted by Crippen LogP contribution is 2.32. The smallest absolute Gasteiger partial charge is 0.194 e. The van der Waals surface area contributed by atoms with Crippen LogP contribution in [0.5, 0.6) is 0 Å². The molecule has 2 nitrogen and oxygen atoms in total. The number of hydrogen-bond donors (Lipinski definition) is 1. The fourth-order valence-electron chi connectivity index (χ4n) is 2.37. The van der Waals surface area contributed by atoms with Gasteiger partial charge in [0.1, 0.15) is 0 Å². The summed E-state index contributed by atoms with van der Waals surface area (Å²) in [6.45, 7) is 4.31. The molecule has 21 heavy (non-hydrogen) atoms. The van der Waals surface area contributed by atoms with Crippen molar-refractivity contribution in [2.75, 3.05) is 6.54 Å². The quantitative estimate of drug-likeness (QED) is 0.845. The summed E-state index contributed by atoms with van der Waals surface area (Å²) >= 11 is 0. The van der Waals surface area contributed by atoms with Crippen LogP contribution in [0.2, 0.25) is 0 Å². The summed E-state index contributed by atoms with van der Waals surface area (Å²) in [6.07, 6.45) is 1.65. The van der Waals surface area contributed by atoms with Gasteiger partial charge in [-0.1, -0.05) is 26.0 Å². The highest BCUT2D eigenvalue weighted by molar-refractivity contribution is 5.27. The standard InChI is InChI=1S/C16H17F3N2/c1-3-20-16(10(2)13-6-4-5-9-21-13)11-7-8-12(17)15(19)14(11)18/h4-10,16,20H,3H2,1-2H3. The van der Waals surface area contributed by atoms with Crippen LogP contribution in [0.1, 0.15) is 37.1 Å². The van der Waals surface area contributed by atoms with Crippen LogP contribution in [0.3, 0.4) is 0 Å². The van der Waals surface area contributed by atoms with Gasteiger partial charge in [-0.15, -0.1) is 0 Å². The molecule has 0 spiro atoms. The molecule has 5 heteroatoms. The van der Waals surface area contributed by atoms with Crippen LogP contribution < -0.4 is 5.32 Å². The van der Waals surface area contributed by atoms with Gasteiger partial charge < -0.3 is 5.32 Å². The molecule has 112 valence electrons. The first-order valence-electron chi connectivity index (χ1n) is 6.84. The molecule has 0 aliphatic rings. The van der Waals surface area contributed by atoms with E-state index in [1.165, 1.54) is 6.07 Å². The Kier molecular flexibility index (Phi) is 4.96. The highest BCUT2D eigenvalue weighted by atomic mass is 19.2. The number of hydrogen-bond acceptors (Lipinski definition) is 2. The third kappa shape index (κ3) is 3.24. The molecule has 0 aliphatic carbocycles. The fourth-order valence-corrected chi connectivity index (χ4v) is 2.37. The third-order valence-corrected chi connectivity index (χ3v) is 3.48. The molecule has 0 fully saturated rings. The Balaban J connectivity index is 2.42. The zero-order valence-electron chi connectivity index (χ0n) is 11.9. The second kappa shape index (κ2) is 6.72. The van der Waals surface area contributed by atoms with Crippen molar-refractivity contribution in [1.29, 1.82) is 0 Å². The molecule has 0 saturated carbocycles. The Bertz CT molecular complexity index is 602. The van der Waals surface area contributed by atoms with Gasteiger partial charge in [0, 0.05) is 29.4 Å². The maximum absolute atomic E-state index is 14.0. The zero-order valence-corrected chi connectivity index (χ0v) is 11.9. The first-order valence-corrected chi connectivity index (χ1v) is 6.84. The molecule has 2 unspecified atom stereocenters. The van der Waals surface area contributed by atoms with E-state index in [1.54, 1.807) is 12.3 Å². The van der Waals surface area contributed by atoms with Crippen LogP contribution >= 0.6 is 0 Å². The Morgan fingerprint density at radius 3 is 2.48 bits per heavy atom. The van der Waals surface area contributed by atoms with Gasteiger partial charge in [0.25, 0.3) is 0 Å². The van der Waals surface area contributed by atoms with Crippen LogP contribution in [0.4, 0.5) is 13.2 Å². The second-order valence-corrected chi connectivity index (χ2v) is 4.84. The highest BCUT2D eigenvalue weighted by Gasteiger charge is 2.26. The van der Waals surface area contributed by atoms with Crippen molar-refractivity contribution in [2.24, 2.45) is 0 Å². The summed E-state index contributed by atoms with van der Waals surface area (Å²) in [5, 5.41) is 3.12. The van der Waals surface area contributed by atoms with Crippen LogP contribution in [0, 0.1) is 17.5 Å². The van der Waals surface area contributed by atoms with Crippen LogP contribution in [-0.4, -0.2) is 11.5 Å². The topological polar surface area (TPSA) is 24.9 Å². The van der Waals surface area contributed by atoms with E-state index in [1.807, 2.05) is 26.0 Å². The first-order chi connectivity index (χ1) is 10.1. The summed E-state index contributed by atoms with van der Waals surface area (Å²) in [7, 11) is 0. The molecule has 0 amide bonds. The molecule has 0 bridgehead atoms. The lowest BCUT2D eigenvalue weighted by atomic mass is 9.91. The van der Waals surface area contributed by atoms with E-state index in [2.05, 4.69) is 10.3 Å². The zero-order chi connectivity index (χ0) is 15.4. The lowest BCUT2D eigenvalue weighted by molar-refractivity contribution is 0.407. The normalized spacial score (nSPS) is 14.0. The lowest BCUT2D eigenvalue weighted by Crippen LogP contribution is -2.27. The number of pyridine rings is 1. The number of halogens is 3. The van der Waals surface area contributed by atoms with Crippen molar-refractivity contribution in [3.63, 3.8) is 0 Å². The summed E-state index contributed by atoms with van der Waals surface area (Å²) in [6, 6.07) is 7.19. The van der Waals surface area contributed by atoms with Gasteiger partial charge >= 0.3 is 0 Å². The van der Waals surface area contributed by atoms with Crippen LogP contribution in [0.15, 0.2) is 36.5 Å². The Morgan fingerprint density at radius 1 is 1.10 bits per heavy atom. The molecule has 1 aromatic heterocycles. The lowest BCUT2D eigenvalue weighted by Gasteiger charge is -2.25.